The fourth-order valence-electron chi connectivity index (χ4n) is 2.13. The Kier molecular flexibility index (Phi) is 4.77. The van der Waals surface area contributed by atoms with Gasteiger partial charge < -0.3 is 10.6 Å². The second-order valence-corrected chi connectivity index (χ2v) is 5.10. The number of amides is 2. The summed E-state index contributed by atoms with van der Waals surface area (Å²) in [6.45, 7) is 4.20. The molecular formula is C17H20N2O. The first-order chi connectivity index (χ1) is 9.66. The predicted molar refractivity (Wildman–Crippen MR) is 82.6 cm³/mol. The largest absolute Gasteiger partial charge is 0.331 e. The van der Waals surface area contributed by atoms with E-state index in [0.717, 1.165) is 11.3 Å². The summed E-state index contributed by atoms with van der Waals surface area (Å²) in [7, 11) is 0. The molecule has 0 bridgehead atoms. The van der Waals surface area contributed by atoms with Crippen molar-refractivity contribution in [3.8, 4) is 0 Å². The van der Waals surface area contributed by atoms with Gasteiger partial charge in [-0.1, -0.05) is 62.4 Å². The van der Waals surface area contributed by atoms with Crippen LogP contribution in [0.5, 0.6) is 0 Å². The SMILES string of the molecule is CC(C)C(NC(=O)Nc1ccccc1)c1ccccc1. The maximum atomic E-state index is 12.1. The quantitative estimate of drug-likeness (QED) is 0.857. The van der Waals surface area contributed by atoms with Gasteiger partial charge in [0, 0.05) is 5.69 Å². The van der Waals surface area contributed by atoms with E-state index in [0.29, 0.717) is 5.92 Å². The van der Waals surface area contributed by atoms with Gasteiger partial charge in [-0.2, -0.15) is 0 Å². The minimum Gasteiger partial charge on any atom is -0.331 e. The maximum Gasteiger partial charge on any atom is 0.319 e. The van der Waals surface area contributed by atoms with Gasteiger partial charge in [0.1, 0.15) is 0 Å². The third-order valence-corrected chi connectivity index (χ3v) is 3.14. The van der Waals surface area contributed by atoms with Gasteiger partial charge in [-0.15, -0.1) is 0 Å². The molecule has 0 saturated carbocycles. The van der Waals surface area contributed by atoms with Crippen LogP contribution in [0.1, 0.15) is 25.5 Å². The molecule has 2 amide bonds. The molecule has 20 heavy (non-hydrogen) atoms. The second-order valence-electron chi connectivity index (χ2n) is 5.10. The lowest BCUT2D eigenvalue weighted by atomic mass is 9.96. The van der Waals surface area contributed by atoms with Crippen molar-refractivity contribution >= 4 is 11.7 Å². The number of nitrogens with one attached hydrogen (secondary N) is 2. The summed E-state index contributed by atoms with van der Waals surface area (Å²) in [5.74, 6) is 0.318. The first kappa shape index (κ1) is 14.1. The lowest BCUT2D eigenvalue weighted by Gasteiger charge is -2.23. The third kappa shape index (κ3) is 3.85. The molecule has 0 spiro atoms. The van der Waals surface area contributed by atoms with Gasteiger partial charge >= 0.3 is 6.03 Å². The Morgan fingerprint density at radius 1 is 0.900 bits per heavy atom. The van der Waals surface area contributed by atoms with Crippen molar-refractivity contribution in [2.45, 2.75) is 19.9 Å². The van der Waals surface area contributed by atoms with Crippen LogP contribution < -0.4 is 10.6 Å². The van der Waals surface area contributed by atoms with E-state index < -0.39 is 0 Å². The van der Waals surface area contributed by atoms with Crippen LogP contribution in [0.3, 0.4) is 0 Å². The van der Waals surface area contributed by atoms with Gasteiger partial charge in [-0.25, -0.2) is 4.79 Å². The van der Waals surface area contributed by atoms with Crippen LogP contribution in [0, 0.1) is 5.92 Å². The molecule has 1 atom stereocenters. The zero-order valence-electron chi connectivity index (χ0n) is 11.8. The Bertz CT molecular complexity index is 537. The first-order valence-electron chi connectivity index (χ1n) is 6.84. The van der Waals surface area contributed by atoms with Crippen LogP contribution in [0.25, 0.3) is 0 Å². The molecule has 0 aliphatic rings. The Labute approximate surface area is 120 Å². The summed E-state index contributed by atoms with van der Waals surface area (Å²) in [6.07, 6.45) is 0. The number of rotatable bonds is 4. The highest BCUT2D eigenvalue weighted by Crippen LogP contribution is 2.21. The van der Waals surface area contributed by atoms with Crippen molar-refractivity contribution in [3.63, 3.8) is 0 Å². The fourth-order valence-corrected chi connectivity index (χ4v) is 2.13. The van der Waals surface area contributed by atoms with E-state index in [2.05, 4.69) is 24.5 Å². The molecular weight excluding hydrogens is 248 g/mol. The number of hydrogen-bond donors (Lipinski definition) is 2. The summed E-state index contributed by atoms with van der Waals surface area (Å²) < 4.78 is 0. The van der Waals surface area contributed by atoms with Crippen molar-refractivity contribution in [1.29, 1.82) is 0 Å². The van der Waals surface area contributed by atoms with E-state index in [1.165, 1.54) is 0 Å². The van der Waals surface area contributed by atoms with Crippen LogP contribution in [0.2, 0.25) is 0 Å². The molecule has 0 radical (unpaired) electrons. The Hall–Kier alpha value is -2.29. The van der Waals surface area contributed by atoms with Crippen molar-refractivity contribution in [2.75, 3.05) is 5.32 Å². The average molecular weight is 268 g/mol. The summed E-state index contributed by atoms with van der Waals surface area (Å²) in [4.78, 5) is 12.1. The van der Waals surface area contributed by atoms with Crippen LogP contribution in [-0.2, 0) is 0 Å². The van der Waals surface area contributed by atoms with E-state index in [4.69, 9.17) is 0 Å². The molecule has 0 heterocycles. The monoisotopic (exact) mass is 268 g/mol. The molecule has 1 unspecified atom stereocenters. The van der Waals surface area contributed by atoms with Gasteiger partial charge in [0.25, 0.3) is 0 Å². The van der Waals surface area contributed by atoms with Gasteiger partial charge in [0.2, 0.25) is 0 Å². The highest BCUT2D eigenvalue weighted by atomic mass is 16.2. The molecule has 0 fully saturated rings. The van der Waals surface area contributed by atoms with Crippen LogP contribution in [0.4, 0.5) is 10.5 Å². The number of carbonyl (C=O) groups excluding carboxylic acids is 1. The van der Waals surface area contributed by atoms with Gasteiger partial charge in [0.05, 0.1) is 6.04 Å². The van der Waals surface area contributed by atoms with Crippen molar-refractivity contribution in [3.05, 3.63) is 66.2 Å². The lowest BCUT2D eigenvalue weighted by Crippen LogP contribution is -2.35. The lowest BCUT2D eigenvalue weighted by molar-refractivity contribution is 0.244. The van der Waals surface area contributed by atoms with Crippen molar-refractivity contribution in [2.24, 2.45) is 5.92 Å². The molecule has 2 aromatic carbocycles. The number of anilines is 1. The standard InChI is InChI=1S/C17H20N2O/c1-13(2)16(14-9-5-3-6-10-14)19-17(20)18-15-11-7-4-8-12-15/h3-13,16H,1-2H3,(H2,18,19,20). The number of carbonyl (C=O) groups is 1. The van der Waals surface area contributed by atoms with Crippen LogP contribution in [-0.4, -0.2) is 6.03 Å². The zero-order valence-corrected chi connectivity index (χ0v) is 11.8. The highest BCUT2D eigenvalue weighted by molar-refractivity contribution is 5.89. The minimum atomic E-state index is -0.182. The molecule has 2 N–H and O–H groups in total. The van der Waals surface area contributed by atoms with Gasteiger partial charge in [-0.05, 0) is 23.6 Å². The Balaban J connectivity index is 2.04. The summed E-state index contributed by atoms with van der Waals surface area (Å²) in [5.41, 5.74) is 1.91. The normalized spacial score (nSPS) is 11.9. The fraction of sp³-hybridized carbons (Fsp3) is 0.235. The molecule has 2 aromatic rings. The molecule has 0 aliphatic carbocycles. The number of urea groups is 1. The van der Waals surface area contributed by atoms with Crippen LogP contribution in [0.15, 0.2) is 60.7 Å². The highest BCUT2D eigenvalue weighted by Gasteiger charge is 2.17. The van der Waals surface area contributed by atoms with Gasteiger partial charge in [-0.3, -0.25) is 0 Å². The van der Waals surface area contributed by atoms with Crippen LogP contribution >= 0.6 is 0 Å². The molecule has 0 aromatic heterocycles. The molecule has 3 heteroatoms. The Morgan fingerprint density at radius 2 is 1.45 bits per heavy atom. The summed E-state index contributed by atoms with van der Waals surface area (Å²) in [6, 6.07) is 19.3. The maximum absolute atomic E-state index is 12.1. The first-order valence-corrected chi connectivity index (χ1v) is 6.84. The Morgan fingerprint density at radius 3 is 2.00 bits per heavy atom. The molecule has 0 aliphatic heterocycles. The van der Waals surface area contributed by atoms with E-state index in [1.807, 2.05) is 60.7 Å². The number of benzene rings is 2. The molecule has 3 nitrogen and oxygen atoms in total. The molecule has 2 rings (SSSR count). The predicted octanol–water partition coefficient (Wildman–Crippen LogP) is 4.21. The summed E-state index contributed by atoms with van der Waals surface area (Å²) in [5, 5.41) is 5.88. The van der Waals surface area contributed by atoms with E-state index in [-0.39, 0.29) is 12.1 Å². The third-order valence-electron chi connectivity index (χ3n) is 3.14. The molecule has 0 saturated heterocycles. The molecule has 104 valence electrons. The van der Waals surface area contributed by atoms with Crippen molar-refractivity contribution < 1.29 is 4.79 Å². The minimum absolute atomic E-state index is 0.0000813. The smallest absolute Gasteiger partial charge is 0.319 e. The second kappa shape index (κ2) is 6.75. The van der Waals surface area contributed by atoms with Crippen molar-refractivity contribution in [1.82, 2.24) is 5.32 Å². The van der Waals surface area contributed by atoms with E-state index in [9.17, 15) is 4.79 Å². The summed E-state index contributed by atoms with van der Waals surface area (Å²) >= 11 is 0. The van der Waals surface area contributed by atoms with E-state index >= 15 is 0 Å². The zero-order chi connectivity index (χ0) is 14.4. The topological polar surface area (TPSA) is 41.1 Å². The van der Waals surface area contributed by atoms with Gasteiger partial charge in [0.15, 0.2) is 0 Å². The van der Waals surface area contributed by atoms with E-state index in [1.54, 1.807) is 0 Å². The number of hydrogen-bond acceptors (Lipinski definition) is 1. The average Bonchev–Trinajstić information content (AvgIpc) is 2.46. The number of para-hydroxylation sites is 1.